The number of aryl methyl sites for hydroxylation is 2. The second-order valence-electron chi connectivity index (χ2n) is 6.71. The van der Waals surface area contributed by atoms with Crippen LogP contribution in [0, 0.1) is 13.8 Å². The highest BCUT2D eigenvalue weighted by Gasteiger charge is 2.22. The molecule has 3 heterocycles. The number of H-pyrrole nitrogens is 1. The zero-order valence-electron chi connectivity index (χ0n) is 14.5. The molecule has 2 aromatic heterocycles. The van der Waals surface area contributed by atoms with Gasteiger partial charge in [0.1, 0.15) is 0 Å². The second-order valence-corrected chi connectivity index (χ2v) is 7.66. The maximum atomic E-state index is 12.6. The fourth-order valence-electron chi connectivity index (χ4n) is 3.41. The van der Waals surface area contributed by atoms with Gasteiger partial charge in [0.05, 0.1) is 16.1 Å². The zero-order chi connectivity index (χ0) is 17.4. The number of aromatic nitrogens is 2. The Morgan fingerprint density at radius 1 is 1.28 bits per heavy atom. The summed E-state index contributed by atoms with van der Waals surface area (Å²) in [5, 5.41) is 2.00. The number of rotatable bonds is 3. The number of hydrogen-bond donors (Lipinski definition) is 1. The Hall–Kier alpha value is -2.24. The van der Waals surface area contributed by atoms with Crippen LogP contribution in [0.1, 0.15) is 27.9 Å². The van der Waals surface area contributed by atoms with Gasteiger partial charge in [-0.1, -0.05) is 29.8 Å². The molecule has 1 aliphatic heterocycles. The molecule has 4 nitrogen and oxygen atoms in total. The van der Waals surface area contributed by atoms with Gasteiger partial charge in [0.25, 0.3) is 5.56 Å². The maximum Gasteiger partial charge on any atom is 0.255 e. The molecular formula is C20H21N3OS. The summed E-state index contributed by atoms with van der Waals surface area (Å²) in [5.41, 5.74) is 5.69. The molecule has 3 aromatic rings. The number of nitrogens with one attached hydrogen (secondary N) is 1. The molecule has 4 rings (SSSR count). The lowest BCUT2D eigenvalue weighted by atomic mass is 10.0. The van der Waals surface area contributed by atoms with E-state index in [4.69, 9.17) is 4.98 Å². The Morgan fingerprint density at radius 3 is 2.92 bits per heavy atom. The molecule has 5 heteroatoms. The monoisotopic (exact) mass is 351 g/mol. The Morgan fingerprint density at radius 2 is 2.16 bits per heavy atom. The molecule has 0 radical (unpaired) electrons. The highest BCUT2D eigenvalue weighted by atomic mass is 32.1. The van der Waals surface area contributed by atoms with E-state index in [-0.39, 0.29) is 5.56 Å². The smallest absolute Gasteiger partial charge is 0.255 e. The molecule has 0 atom stereocenters. The molecular weight excluding hydrogens is 330 g/mol. The van der Waals surface area contributed by atoms with Gasteiger partial charge in [-0.25, -0.2) is 4.98 Å². The minimum Gasteiger partial charge on any atom is -0.306 e. The zero-order valence-corrected chi connectivity index (χ0v) is 15.3. The van der Waals surface area contributed by atoms with Gasteiger partial charge in [-0.2, -0.15) is 0 Å². The predicted octanol–water partition coefficient (Wildman–Crippen LogP) is 3.67. The Bertz CT molecular complexity index is 960. The lowest BCUT2D eigenvalue weighted by Gasteiger charge is -2.28. The largest absolute Gasteiger partial charge is 0.306 e. The van der Waals surface area contributed by atoms with Crippen LogP contribution in [0.3, 0.4) is 0 Å². The highest BCUT2D eigenvalue weighted by Crippen LogP contribution is 2.23. The van der Waals surface area contributed by atoms with Crippen LogP contribution < -0.4 is 5.56 Å². The van der Waals surface area contributed by atoms with Gasteiger partial charge in [-0.15, -0.1) is 11.3 Å². The SMILES string of the molecule is Cc1ccc(CN2CCc3nc(-c4cccs4)[nH]c(=O)c3C2)c(C)c1. The summed E-state index contributed by atoms with van der Waals surface area (Å²) in [6.07, 6.45) is 0.822. The summed E-state index contributed by atoms with van der Waals surface area (Å²) in [7, 11) is 0. The molecule has 25 heavy (non-hydrogen) atoms. The number of hydrogen-bond acceptors (Lipinski definition) is 4. The molecule has 0 saturated carbocycles. The molecule has 0 bridgehead atoms. The van der Waals surface area contributed by atoms with Crippen LogP contribution in [0.25, 0.3) is 10.7 Å². The summed E-state index contributed by atoms with van der Waals surface area (Å²) < 4.78 is 0. The quantitative estimate of drug-likeness (QED) is 0.783. The third kappa shape index (κ3) is 3.30. The number of benzene rings is 1. The second kappa shape index (κ2) is 6.58. The molecule has 1 aromatic carbocycles. The number of fused-ring (bicyclic) bond motifs is 1. The average Bonchev–Trinajstić information content (AvgIpc) is 3.12. The van der Waals surface area contributed by atoms with Crippen molar-refractivity contribution in [2.75, 3.05) is 6.54 Å². The van der Waals surface area contributed by atoms with Gasteiger partial charge < -0.3 is 4.98 Å². The molecule has 1 aliphatic rings. The first-order valence-corrected chi connectivity index (χ1v) is 9.42. The molecule has 0 amide bonds. The standard InChI is InChI=1S/C20H21N3OS/c1-13-5-6-15(14(2)10-13)11-23-8-7-17-16(12-23)20(24)22-19(21-17)18-4-3-9-25-18/h3-6,9-10H,7-8,11-12H2,1-2H3,(H,21,22,24). The highest BCUT2D eigenvalue weighted by molar-refractivity contribution is 7.13. The molecule has 1 N–H and O–H groups in total. The van der Waals surface area contributed by atoms with E-state index in [0.29, 0.717) is 12.4 Å². The first-order valence-electron chi connectivity index (χ1n) is 8.54. The minimum absolute atomic E-state index is 0.00118. The Kier molecular flexibility index (Phi) is 4.27. The van der Waals surface area contributed by atoms with Crippen molar-refractivity contribution in [1.29, 1.82) is 0 Å². The molecule has 128 valence electrons. The van der Waals surface area contributed by atoms with Crippen LogP contribution in [0.4, 0.5) is 0 Å². The van der Waals surface area contributed by atoms with Crippen molar-refractivity contribution in [3.8, 4) is 10.7 Å². The van der Waals surface area contributed by atoms with E-state index >= 15 is 0 Å². The van der Waals surface area contributed by atoms with E-state index in [0.717, 1.165) is 35.6 Å². The van der Waals surface area contributed by atoms with Crippen LogP contribution in [-0.2, 0) is 19.5 Å². The van der Waals surface area contributed by atoms with Crippen molar-refractivity contribution in [3.63, 3.8) is 0 Å². The van der Waals surface area contributed by atoms with Gasteiger partial charge in [0.2, 0.25) is 0 Å². The molecule has 0 unspecified atom stereocenters. The fourth-order valence-corrected chi connectivity index (χ4v) is 4.08. The van der Waals surface area contributed by atoms with Crippen LogP contribution >= 0.6 is 11.3 Å². The van der Waals surface area contributed by atoms with E-state index in [1.165, 1.54) is 16.7 Å². The minimum atomic E-state index is -0.00118. The van der Waals surface area contributed by atoms with Crippen molar-refractivity contribution < 1.29 is 0 Å². The average molecular weight is 351 g/mol. The van der Waals surface area contributed by atoms with Crippen LogP contribution in [0.2, 0.25) is 0 Å². The summed E-state index contributed by atoms with van der Waals surface area (Å²) in [5.74, 6) is 0.696. The van der Waals surface area contributed by atoms with E-state index in [9.17, 15) is 4.79 Å². The lowest BCUT2D eigenvalue weighted by Crippen LogP contribution is -2.35. The molecule has 0 saturated heterocycles. The molecule has 0 spiro atoms. The third-order valence-corrected chi connectivity index (χ3v) is 5.67. The van der Waals surface area contributed by atoms with E-state index < -0.39 is 0 Å². The van der Waals surface area contributed by atoms with Crippen molar-refractivity contribution in [2.45, 2.75) is 33.4 Å². The first-order chi connectivity index (χ1) is 12.1. The van der Waals surface area contributed by atoms with Crippen molar-refractivity contribution in [1.82, 2.24) is 14.9 Å². The van der Waals surface area contributed by atoms with Crippen molar-refractivity contribution in [3.05, 3.63) is 74.0 Å². The van der Waals surface area contributed by atoms with Gasteiger partial charge >= 0.3 is 0 Å². The normalized spacial score (nSPS) is 14.5. The van der Waals surface area contributed by atoms with Crippen LogP contribution in [0.15, 0.2) is 40.5 Å². The van der Waals surface area contributed by atoms with Crippen LogP contribution in [-0.4, -0.2) is 21.4 Å². The van der Waals surface area contributed by atoms with E-state index in [1.54, 1.807) is 11.3 Å². The van der Waals surface area contributed by atoms with Gasteiger partial charge in [0.15, 0.2) is 5.82 Å². The first kappa shape index (κ1) is 16.2. The molecule has 0 aliphatic carbocycles. The van der Waals surface area contributed by atoms with Gasteiger partial charge in [-0.05, 0) is 36.4 Å². The lowest BCUT2D eigenvalue weighted by molar-refractivity contribution is 0.241. The predicted molar refractivity (Wildman–Crippen MR) is 102 cm³/mol. The van der Waals surface area contributed by atoms with Gasteiger partial charge in [-0.3, -0.25) is 9.69 Å². The summed E-state index contributed by atoms with van der Waals surface area (Å²) in [6.45, 7) is 6.74. The molecule has 0 fully saturated rings. The van der Waals surface area contributed by atoms with Crippen molar-refractivity contribution in [2.24, 2.45) is 0 Å². The summed E-state index contributed by atoms with van der Waals surface area (Å²) in [6, 6.07) is 10.5. The van der Waals surface area contributed by atoms with E-state index in [2.05, 4.69) is 41.9 Å². The maximum absolute atomic E-state index is 12.6. The summed E-state index contributed by atoms with van der Waals surface area (Å²) in [4.78, 5) is 23.6. The fraction of sp³-hybridized carbons (Fsp3) is 0.300. The number of thiophene rings is 1. The summed E-state index contributed by atoms with van der Waals surface area (Å²) >= 11 is 1.60. The topological polar surface area (TPSA) is 49.0 Å². The Balaban J connectivity index is 1.58. The van der Waals surface area contributed by atoms with Crippen LogP contribution in [0.5, 0.6) is 0 Å². The Labute approximate surface area is 151 Å². The third-order valence-electron chi connectivity index (χ3n) is 4.79. The van der Waals surface area contributed by atoms with Gasteiger partial charge in [0, 0.05) is 26.1 Å². The van der Waals surface area contributed by atoms with E-state index in [1.807, 2.05) is 17.5 Å². The number of aromatic amines is 1. The number of nitrogens with zero attached hydrogens (tertiary/aromatic N) is 2. The van der Waals surface area contributed by atoms with Crippen molar-refractivity contribution >= 4 is 11.3 Å².